The van der Waals surface area contributed by atoms with Crippen molar-refractivity contribution in [2.24, 2.45) is 0 Å². The summed E-state index contributed by atoms with van der Waals surface area (Å²) in [6, 6.07) is 16.9. The lowest BCUT2D eigenvalue weighted by molar-refractivity contribution is 0.285. The van der Waals surface area contributed by atoms with Gasteiger partial charge in [-0.1, -0.05) is 42.2 Å². The molecule has 0 aliphatic heterocycles. The molecule has 2 aromatic carbocycles. The number of allylic oxidation sites excluding steroid dienone is 2. The predicted octanol–water partition coefficient (Wildman–Crippen LogP) is 5.11. The third-order valence-corrected chi connectivity index (χ3v) is 4.80. The van der Waals surface area contributed by atoms with Crippen molar-refractivity contribution in [2.45, 2.75) is 38.5 Å². The number of rotatable bonds is 5. The zero-order valence-electron chi connectivity index (χ0n) is 15.4. The van der Waals surface area contributed by atoms with E-state index >= 15 is 0 Å². The number of aliphatic hydroxyl groups is 1. The zero-order chi connectivity index (χ0) is 18.2. The first-order valence-electron chi connectivity index (χ1n) is 9.39. The summed E-state index contributed by atoms with van der Waals surface area (Å²) in [6.07, 6.45) is 5.75. The average molecular weight is 346 g/mol. The highest BCUT2D eigenvalue weighted by Gasteiger charge is 2.18. The Balaban J connectivity index is 2.06. The summed E-state index contributed by atoms with van der Waals surface area (Å²) in [6.45, 7) is 0.238. The number of aryl methyl sites for hydroxylation is 1. The molecule has 2 nitrogen and oxygen atoms in total. The number of fused-ring (bicyclic) bond motifs is 1. The Labute approximate surface area is 156 Å². The van der Waals surface area contributed by atoms with Gasteiger partial charge in [0.1, 0.15) is 5.75 Å². The monoisotopic (exact) mass is 346 g/mol. The average Bonchev–Trinajstić information content (AvgIpc) is 2.87. The molecule has 2 heteroatoms. The summed E-state index contributed by atoms with van der Waals surface area (Å²) in [5.41, 5.74) is 6.29. The summed E-state index contributed by atoms with van der Waals surface area (Å²) >= 11 is 0. The van der Waals surface area contributed by atoms with Crippen molar-refractivity contribution in [3.05, 3.63) is 65.2 Å². The van der Waals surface area contributed by atoms with Gasteiger partial charge in [-0.05, 0) is 72.6 Å². The molecule has 1 aliphatic carbocycles. The maximum atomic E-state index is 8.95. The third kappa shape index (κ3) is 4.36. The minimum absolute atomic E-state index is 0.238. The van der Waals surface area contributed by atoms with Crippen molar-refractivity contribution >= 4 is 11.1 Å². The maximum absolute atomic E-state index is 8.95. The van der Waals surface area contributed by atoms with Crippen molar-refractivity contribution in [3.8, 4) is 17.6 Å². The minimum Gasteiger partial charge on any atom is -0.497 e. The lowest BCUT2D eigenvalue weighted by Crippen LogP contribution is -1.94. The van der Waals surface area contributed by atoms with E-state index in [1.165, 1.54) is 22.3 Å². The number of methoxy groups -OCH3 is 1. The molecule has 0 saturated heterocycles. The highest BCUT2D eigenvalue weighted by molar-refractivity contribution is 5.99. The molecule has 134 valence electrons. The van der Waals surface area contributed by atoms with Gasteiger partial charge in [-0.25, -0.2) is 0 Å². The fourth-order valence-electron chi connectivity index (χ4n) is 3.44. The van der Waals surface area contributed by atoms with Crippen LogP contribution in [-0.2, 0) is 6.42 Å². The molecule has 0 heterocycles. The van der Waals surface area contributed by atoms with E-state index in [-0.39, 0.29) is 6.61 Å². The smallest absolute Gasteiger partial charge is 0.119 e. The molecule has 0 fully saturated rings. The minimum atomic E-state index is 0.238. The van der Waals surface area contributed by atoms with Crippen LogP contribution in [0.15, 0.2) is 48.5 Å². The number of benzene rings is 2. The third-order valence-electron chi connectivity index (χ3n) is 4.80. The van der Waals surface area contributed by atoms with E-state index in [1.54, 1.807) is 7.11 Å². The fraction of sp³-hybridized carbons (Fsp3) is 0.333. The van der Waals surface area contributed by atoms with Gasteiger partial charge in [0.05, 0.1) is 7.11 Å². The molecular weight excluding hydrogens is 320 g/mol. The van der Waals surface area contributed by atoms with Crippen molar-refractivity contribution in [2.75, 3.05) is 13.7 Å². The maximum Gasteiger partial charge on any atom is 0.119 e. The summed E-state index contributed by atoms with van der Waals surface area (Å²) in [5.74, 6) is 7.71. The van der Waals surface area contributed by atoms with Crippen LogP contribution in [0.3, 0.4) is 0 Å². The van der Waals surface area contributed by atoms with E-state index in [0.29, 0.717) is 0 Å². The fourth-order valence-corrected chi connectivity index (χ4v) is 3.44. The highest BCUT2D eigenvalue weighted by atomic mass is 16.5. The Bertz CT molecular complexity index is 822. The number of aliphatic hydroxyl groups excluding tert-OH is 1. The number of hydrogen-bond donors (Lipinski definition) is 1. The molecule has 0 radical (unpaired) electrons. The van der Waals surface area contributed by atoms with E-state index < -0.39 is 0 Å². The van der Waals surface area contributed by atoms with Crippen molar-refractivity contribution in [3.63, 3.8) is 0 Å². The van der Waals surface area contributed by atoms with Gasteiger partial charge in [-0.2, -0.15) is 0 Å². The first-order chi connectivity index (χ1) is 12.8. The molecule has 0 saturated carbocycles. The topological polar surface area (TPSA) is 29.5 Å². The van der Waals surface area contributed by atoms with Gasteiger partial charge in [0, 0.05) is 18.6 Å². The standard InChI is InChI=1S/C24H26O2/c1-26-21-15-16-23-20(18-21)12-9-14-22(19-10-5-4-6-11-19)24(23)13-7-2-3-8-17-25/h4-6,10-11,15-16,18,25H,2-3,8-9,12,14,17H2,1H3. The Morgan fingerprint density at radius 3 is 2.65 bits per heavy atom. The Morgan fingerprint density at radius 1 is 1.04 bits per heavy atom. The van der Waals surface area contributed by atoms with Gasteiger partial charge in [-0.3, -0.25) is 0 Å². The van der Waals surface area contributed by atoms with Crippen LogP contribution < -0.4 is 4.74 Å². The molecule has 26 heavy (non-hydrogen) atoms. The van der Waals surface area contributed by atoms with E-state index in [9.17, 15) is 0 Å². The van der Waals surface area contributed by atoms with Gasteiger partial charge in [0.2, 0.25) is 0 Å². The Kier molecular flexibility index (Phi) is 6.52. The summed E-state index contributed by atoms with van der Waals surface area (Å²) < 4.78 is 5.42. The highest BCUT2D eigenvalue weighted by Crippen LogP contribution is 2.36. The van der Waals surface area contributed by atoms with Gasteiger partial charge in [0.25, 0.3) is 0 Å². The molecule has 0 amide bonds. The van der Waals surface area contributed by atoms with E-state index in [1.807, 2.05) is 6.07 Å². The van der Waals surface area contributed by atoms with Crippen molar-refractivity contribution in [1.29, 1.82) is 0 Å². The molecule has 0 aromatic heterocycles. The molecule has 1 N–H and O–H groups in total. The van der Waals surface area contributed by atoms with Crippen LogP contribution >= 0.6 is 0 Å². The number of unbranched alkanes of at least 4 members (excludes halogenated alkanes) is 2. The first kappa shape index (κ1) is 18.3. The van der Waals surface area contributed by atoms with Gasteiger partial charge in [0.15, 0.2) is 0 Å². The predicted molar refractivity (Wildman–Crippen MR) is 108 cm³/mol. The molecular formula is C24H26O2. The first-order valence-corrected chi connectivity index (χ1v) is 9.39. The molecule has 3 rings (SSSR count). The molecule has 0 atom stereocenters. The summed E-state index contributed by atoms with van der Waals surface area (Å²) in [7, 11) is 1.71. The molecule has 2 aromatic rings. The normalized spacial score (nSPS) is 13.5. The molecule has 0 bridgehead atoms. The zero-order valence-corrected chi connectivity index (χ0v) is 15.4. The quantitative estimate of drug-likeness (QED) is 0.602. The van der Waals surface area contributed by atoms with E-state index in [0.717, 1.165) is 49.8 Å². The van der Waals surface area contributed by atoms with Crippen LogP contribution in [0.4, 0.5) is 0 Å². The van der Waals surface area contributed by atoms with Crippen LogP contribution in [0.25, 0.3) is 11.1 Å². The van der Waals surface area contributed by atoms with Gasteiger partial charge in [-0.15, -0.1) is 0 Å². The number of hydrogen-bond acceptors (Lipinski definition) is 2. The lowest BCUT2D eigenvalue weighted by atomic mass is 9.92. The van der Waals surface area contributed by atoms with E-state index in [4.69, 9.17) is 9.84 Å². The lowest BCUT2D eigenvalue weighted by Gasteiger charge is -2.12. The van der Waals surface area contributed by atoms with Gasteiger partial charge >= 0.3 is 0 Å². The second-order valence-corrected chi connectivity index (χ2v) is 6.58. The largest absolute Gasteiger partial charge is 0.497 e. The van der Waals surface area contributed by atoms with Crippen molar-refractivity contribution in [1.82, 2.24) is 0 Å². The Hall–Kier alpha value is -2.50. The molecule has 1 aliphatic rings. The molecule has 0 unspecified atom stereocenters. The van der Waals surface area contributed by atoms with Crippen LogP contribution in [0, 0.1) is 11.8 Å². The summed E-state index contributed by atoms with van der Waals surface area (Å²) in [5, 5.41) is 8.95. The van der Waals surface area contributed by atoms with Crippen LogP contribution in [0.2, 0.25) is 0 Å². The van der Waals surface area contributed by atoms with Crippen LogP contribution in [0.1, 0.15) is 48.8 Å². The Morgan fingerprint density at radius 2 is 1.88 bits per heavy atom. The number of ether oxygens (including phenoxy) is 1. The van der Waals surface area contributed by atoms with Gasteiger partial charge < -0.3 is 9.84 Å². The van der Waals surface area contributed by atoms with Crippen molar-refractivity contribution < 1.29 is 9.84 Å². The summed E-state index contributed by atoms with van der Waals surface area (Å²) in [4.78, 5) is 0. The molecule has 0 spiro atoms. The second kappa shape index (κ2) is 9.27. The second-order valence-electron chi connectivity index (χ2n) is 6.58. The van der Waals surface area contributed by atoms with Crippen LogP contribution in [-0.4, -0.2) is 18.8 Å². The van der Waals surface area contributed by atoms with E-state index in [2.05, 4.69) is 54.3 Å². The SMILES string of the molecule is COc1ccc2c(c1)CCCC(c1ccccc1)=C2C#CCCCCO. The van der Waals surface area contributed by atoms with Crippen LogP contribution in [0.5, 0.6) is 5.75 Å².